The molecule has 0 fully saturated rings. The third kappa shape index (κ3) is 2.21. The fraction of sp³-hybridized carbons (Fsp3) is 0.286. The molecule has 17 heavy (non-hydrogen) atoms. The van der Waals surface area contributed by atoms with Crippen LogP contribution in [0.5, 0.6) is 0 Å². The van der Waals surface area contributed by atoms with Crippen LogP contribution in [-0.2, 0) is 9.53 Å². The van der Waals surface area contributed by atoms with Crippen LogP contribution in [0.25, 0.3) is 0 Å². The Balaban J connectivity index is 2.37. The van der Waals surface area contributed by atoms with Crippen LogP contribution in [0.15, 0.2) is 42.2 Å². The van der Waals surface area contributed by atoms with Gasteiger partial charge in [-0.25, -0.2) is 0 Å². The zero-order valence-electron chi connectivity index (χ0n) is 9.59. The van der Waals surface area contributed by atoms with E-state index in [2.05, 4.69) is 6.07 Å². The lowest BCUT2D eigenvalue weighted by atomic mass is 9.78. The summed E-state index contributed by atoms with van der Waals surface area (Å²) in [7, 11) is 1.55. The molecule has 1 aromatic rings. The molecule has 3 nitrogen and oxygen atoms in total. The van der Waals surface area contributed by atoms with E-state index in [1.54, 1.807) is 7.11 Å². The minimum atomic E-state index is -0.601. The largest absolute Gasteiger partial charge is 0.501 e. The third-order valence-electron chi connectivity index (χ3n) is 3.06. The maximum atomic E-state index is 11.8. The van der Waals surface area contributed by atoms with Crippen molar-refractivity contribution in [3.63, 3.8) is 0 Å². The molecule has 0 N–H and O–H groups in total. The number of allylic oxidation sites excluding steroid dienone is 2. The minimum absolute atomic E-state index is 0.103. The molecular formula is C14H13NO2. The van der Waals surface area contributed by atoms with Crippen molar-refractivity contribution in [2.45, 2.75) is 12.3 Å². The highest BCUT2D eigenvalue weighted by Crippen LogP contribution is 2.35. The Morgan fingerprint density at radius 2 is 2.06 bits per heavy atom. The SMILES string of the molecule is COC1=CC(=O)C(C#N)C(c2ccccc2)C1. The zero-order valence-corrected chi connectivity index (χ0v) is 9.59. The lowest BCUT2D eigenvalue weighted by Crippen LogP contribution is -2.25. The fourth-order valence-electron chi connectivity index (χ4n) is 2.15. The first-order valence-electron chi connectivity index (χ1n) is 5.49. The van der Waals surface area contributed by atoms with E-state index in [9.17, 15) is 4.79 Å². The Hall–Kier alpha value is -2.08. The minimum Gasteiger partial charge on any atom is -0.501 e. The van der Waals surface area contributed by atoms with E-state index in [0.29, 0.717) is 12.2 Å². The van der Waals surface area contributed by atoms with Crippen molar-refractivity contribution in [1.29, 1.82) is 5.26 Å². The monoisotopic (exact) mass is 227 g/mol. The van der Waals surface area contributed by atoms with Crippen LogP contribution < -0.4 is 0 Å². The standard InChI is InChI=1S/C14H13NO2/c1-17-11-7-12(10-5-3-2-4-6-10)13(9-15)14(16)8-11/h2-6,8,12-13H,7H2,1H3. The number of ketones is 1. The van der Waals surface area contributed by atoms with E-state index in [1.807, 2.05) is 30.3 Å². The zero-order chi connectivity index (χ0) is 12.3. The lowest BCUT2D eigenvalue weighted by Gasteiger charge is -2.25. The van der Waals surface area contributed by atoms with Crippen LogP contribution in [0.3, 0.4) is 0 Å². The Morgan fingerprint density at radius 3 is 2.65 bits per heavy atom. The molecule has 2 atom stereocenters. The molecule has 0 amide bonds. The molecule has 0 spiro atoms. The van der Waals surface area contributed by atoms with Gasteiger partial charge in [0.1, 0.15) is 5.92 Å². The Labute approximate surface area is 100 Å². The number of carbonyl (C=O) groups is 1. The molecule has 2 unspecified atom stereocenters. The molecule has 0 aromatic heterocycles. The van der Waals surface area contributed by atoms with Crippen LogP contribution in [0, 0.1) is 17.2 Å². The van der Waals surface area contributed by atoms with Gasteiger partial charge >= 0.3 is 0 Å². The highest BCUT2D eigenvalue weighted by Gasteiger charge is 2.33. The van der Waals surface area contributed by atoms with Gasteiger partial charge in [-0.2, -0.15) is 5.26 Å². The molecule has 2 rings (SSSR count). The first kappa shape index (κ1) is 11.4. The average molecular weight is 227 g/mol. The highest BCUT2D eigenvalue weighted by molar-refractivity contribution is 5.95. The molecule has 0 radical (unpaired) electrons. The number of carbonyl (C=O) groups excluding carboxylic acids is 1. The predicted molar refractivity (Wildman–Crippen MR) is 63.0 cm³/mol. The number of ether oxygens (including phenoxy) is 1. The van der Waals surface area contributed by atoms with E-state index >= 15 is 0 Å². The second-order valence-electron chi connectivity index (χ2n) is 4.05. The number of nitriles is 1. The normalized spacial score (nSPS) is 23.8. The second kappa shape index (κ2) is 4.84. The molecule has 1 aliphatic carbocycles. The van der Waals surface area contributed by atoms with E-state index in [-0.39, 0.29) is 11.7 Å². The predicted octanol–water partition coefficient (Wildman–Crippen LogP) is 2.41. The molecule has 86 valence electrons. The molecule has 0 saturated heterocycles. The van der Waals surface area contributed by atoms with Crippen LogP contribution in [0.2, 0.25) is 0 Å². The molecule has 3 heteroatoms. The second-order valence-corrected chi connectivity index (χ2v) is 4.05. The van der Waals surface area contributed by atoms with Gasteiger partial charge in [-0.05, 0) is 5.56 Å². The summed E-state index contributed by atoms with van der Waals surface area (Å²) in [5, 5.41) is 9.11. The van der Waals surface area contributed by atoms with E-state index in [0.717, 1.165) is 5.56 Å². The number of hydrogen-bond donors (Lipinski definition) is 0. The molecule has 0 heterocycles. The Morgan fingerprint density at radius 1 is 1.35 bits per heavy atom. The van der Waals surface area contributed by atoms with Gasteiger partial charge in [-0.15, -0.1) is 0 Å². The molecule has 1 aliphatic rings. The smallest absolute Gasteiger partial charge is 0.176 e. The lowest BCUT2D eigenvalue weighted by molar-refractivity contribution is -0.118. The van der Waals surface area contributed by atoms with Crippen molar-refractivity contribution in [3.8, 4) is 6.07 Å². The van der Waals surface area contributed by atoms with Gasteiger partial charge in [0, 0.05) is 18.4 Å². The highest BCUT2D eigenvalue weighted by atomic mass is 16.5. The first-order chi connectivity index (χ1) is 8.26. The number of nitrogens with zero attached hydrogens (tertiary/aromatic N) is 1. The maximum Gasteiger partial charge on any atom is 0.176 e. The maximum absolute atomic E-state index is 11.8. The van der Waals surface area contributed by atoms with Crippen LogP contribution in [0.4, 0.5) is 0 Å². The molecule has 0 aliphatic heterocycles. The van der Waals surface area contributed by atoms with Gasteiger partial charge in [-0.3, -0.25) is 4.79 Å². The van der Waals surface area contributed by atoms with Gasteiger partial charge in [0.15, 0.2) is 5.78 Å². The van der Waals surface area contributed by atoms with Crippen LogP contribution in [-0.4, -0.2) is 12.9 Å². The van der Waals surface area contributed by atoms with E-state index in [1.165, 1.54) is 6.08 Å². The molecule has 1 aromatic carbocycles. The summed E-state index contributed by atoms with van der Waals surface area (Å²) in [6.07, 6.45) is 2.04. The van der Waals surface area contributed by atoms with Gasteiger partial charge in [-0.1, -0.05) is 30.3 Å². The Bertz CT molecular complexity index is 485. The molecule has 0 bridgehead atoms. The summed E-state index contributed by atoms with van der Waals surface area (Å²) >= 11 is 0. The van der Waals surface area contributed by atoms with Crippen LogP contribution >= 0.6 is 0 Å². The number of hydrogen-bond acceptors (Lipinski definition) is 3. The van der Waals surface area contributed by atoms with Crippen molar-refractivity contribution >= 4 is 5.78 Å². The van der Waals surface area contributed by atoms with Crippen molar-refractivity contribution in [1.82, 2.24) is 0 Å². The molecular weight excluding hydrogens is 214 g/mol. The summed E-state index contributed by atoms with van der Waals surface area (Å²) in [6.45, 7) is 0. The number of benzene rings is 1. The third-order valence-corrected chi connectivity index (χ3v) is 3.06. The van der Waals surface area contributed by atoms with E-state index in [4.69, 9.17) is 10.00 Å². The summed E-state index contributed by atoms with van der Waals surface area (Å²) in [6, 6.07) is 11.7. The topological polar surface area (TPSA) is 50.1 Å². The van der Waals surface area contributed by atoms with Gasteiger partial charge in [0.2, 0.25) is 0 Å². The molecule has 0 saturated carbocycles. The summed E-state index contributed by atoms with van der Waals surface area (Å²) in [5.41, 5.74) is 1.01. The Kier molecular flexibility index (Phi) is 3.24. The summed E-state index contributed by atoms with van der Waals surface area (Å²) in [5.74, 6) is -0.218. The van der Waals surface area contributed by atoms with Crippen molar-refractivity contribution < 1.29 is 9.53 Å². The summed E-state index contributed by atoms with van der Waals surface area (Å²) < 4.78 is 5.14. The first-order valence-corrected chi connectivity index (χ1v) is 5.49. The van der Waals surface area contributed by atoms with Crippen LogP contribution in [0.1, 0.15) is 17.9 Å². The van der Waals surface area contributed by atoms with Crippen molar-refractivity contribution in [3.05, 3.63) is 47.7 Å². The van der Waals surface area contributed by atoms with Crippen molar-refractivity contribution in [2.24, 2.45) is 5.92 Å². The average Bonchev–Trinajstić information content (AvgIpc) is 2.38. The fourth-order valence-corrected chi connectivity index (χ4v) is 2.15. The van der Waals surface area contributed by atoms with E-state index < -0.39 is 5.92 Å². The quantitative estimate of drug-likeness (QED) is 0.779. The van der Waals surface area contributed by atoms with Gasteiger partial charge in [0.05, 0.1) is 18.9 Å². The van der Waals surface area contributed by atoms with Gasteiger partial charge < -0.3 is 4.74 Å². The number of rotatable bonds is 2. The summed E-state index contributed by atoms with van der Waals surface area (Å²) in [4.78, 5) is 11.8. The van der Waals surface area contributed by atoms with Gasteiger partial charge in [0.25, 0.3) is 0 Å². The number of methoxy groups -OCH3 is 1. The van der Waals surface area contributed by atoms with Crippen molar-refractivity contribution in [2.75, 3.05) is 7.11 Å².